The Morgan fingerprint density at radius 3 is 2.08 bits per heavy atom. The van der Waals surface area contributed by atoms with Gasteiger partial charge in [0.05, 0.1) is 11.1 Å². The van der Waals surface area contributed by atoms with E-state index in [1.165, 1.54) is 0 Å². The number of hydrogen-bond donors (Lipinski definition) is 1. The quantitative estimate of drug-likeness (QED) is 0.637. The number of carbonyl (C=O) groups excluding carboxylic acids is 3. The van der Waals surface area contributed by atoms with Gasteiger partial charge in [0.1, 0.15) is 11.5 Å². The molecule has 0 saturated carbocycles. The zero-order valence-corrected chi connectivity index (χ0v) is 14.5. The van der Waals surface area contributed by atoms with Crippen LogP contribution in [0.2, 0.25) is 10.0 Å². The van der Waals surface area contributed by atoms with Crippen LogP contribution in [0.1, 0.15) is 26.3 Å². The van der Waals surface area contributed by atoms with Gasteiger partial charge in [-0.1, -0.05) is 35.3 Å². The molecule has 0 fully saturated rings. The first-order chi connectivity index (χ1) is 12.4. The van der Waals surface area contributed by atoms with E-state index in [4.69, 9.17) is 23.2 Å². The van der Waals surface area contributed by atoms with Crippen molar-refractivity contribution in [3.8, 4) is 0 Å². The third kappa shape index (κ3) is 2.69. The summed E-state index contributed by atoms with van der Waals surface area (Å²) in [6.07, 6.45) is 1.14. The van der Waals surface area contributed by atoms with Crippen LogP contribution in [0.5, 0.6) is 0 Å². The summed E-state index contributed by atoms with van der Waals surface area (Å²) in [6.45, 7) is 0. The number of rotatable bonds is 2. The maximum absolute atomic E-state index is 12.4. The van der Waals surface area contributed by atoms with Crippen LogP contribution in [0.15, 0.2) is 59.4 Å². The summed E-state index contributed by atoms with van der Waals surface area (Å²) < 4.78 is 0. The van der Waals surface area contributed by atoms with Gasteiger partial charge in [-0.2, -0.15) is 0 Å². The molecule has 0 aliphatic carbocycles. The molecule has 3 amide bonds. The molecule has 0 unspecified atom stereocenters. The number of benzene rings is 2. The van der Waals surface area contributed by atoms with Crippen LogP contribution in [0.4, 0.5) is 0 Å². The number of hydrogen-bond acceptors (Lipinski definition) is 4. The molecule has 128 valence electrons. The minimum atomic E-state index is -0.535. The SMILES string of the molecule is O=C1NC(c2cc(Cl)cc(Cl)c2)=N/C1=C/N1C(=O)c2ccccc2C1=O. The lowest BCUT2D eigenvalue weighted by Gasteiger charge is -2.07. The molecule has 2 heterocycles. The smallest absolute Gasteiger partial charge is 0.277 e. The number of amidine groups is 1. The standard InChI is InChI=1S/C18H9Cl2N3O3/c19-10-5-9(6-11(20)7-10)15-21-14(16(24)22-15)8-23-17(25)12-3-1-2-4-13(12)18(23)26/h1-8H,(H,21,22,24)/b14-8+. The molecule has 2 aliphatic heterocycles. The van der Waals surface area contributed by atoms with Crippen LogP contribution in [0.25, 0.3) is 0 Å². The second kappa shape index (κ2) is 6.09. The van der Waals surface area contributed by atoms with Crippen molar-refractivity contribution in [3.05, 3.63) is 81.1 Å². The van der Waals surface area contributed by atoms with Crippen LogP contribution in [0.3, 0.4) is 0 Å². The van der Waals surface area contributed by atoms with E-state index in [2.05, 4.69) is 10.3 Å². The average Bonchev–Trinajstić information content (AvgIpc) is 3.08. The van der Waals surface area contributed by atoms with Gasteiger partial charge in [0.25, 0.3) is 17.7 Å². The molecule has 4 rings (SSSR count). The number of nitrogens with zero attached hydrogens (tertiary/aromatic N) is 2. The fourth-order valence-corrected chi connectivity index (χ4v) is 3.26. The van der Waals surface area contributed by atoms with Gasteiger partial charge in [-0.05, 0) is 30.3 Å². The number of carbonyl (C=O) groups is 3. The summed E-state index contributed by atoms with van der Waals surface area (Å²) in [5, 5.41) is 3.36. The van der Waals surface area contributed by atoms with Gasteiger partial charge in [0.2, 0.25) is 0 Å². The van der Waals surface area contributed by atoms with Crippen LogP contribution in [-0.2, 0) is 4.79 Å². The molecule has 26 heavy (non-hydrogen) atoms. The van der Waals surface area contributed by atoms with E-state index < -0.39 is 17.7 Å². The molecule has 0 bridgehead atoms. The van der Waals surface area contributed by atoms with E-state index in [1.54, 1.807) is 42.5 Å². The van der Waals surface area contributed by atoms with Gasteiger partial charge >= 0.3 is 0 Å². The molecule has 0 aromatic heterocycles. The molecule has 0 radical (unpaired) electrons. The Labute approximate surface area is 157 Å². The average molecular weight is 386 g/mol. The van der Waals surface area contributed by atoms with Crippen LogP contribution in [-0.4, -0.2) is 28.5 Å². The lowest BCUT2D eigenvalue weighted by atomic mass is 10.1. The number of aliphatic imine (C=N–C) groups is 1. The van der Waals surface area contributed by atoms with Gasteiger partial charge in [0.15, 0.2) is 0 Å². The van der Waals surface area contributed by atoms with E-state index >= 15 is 0 Å². The summed E-state index contributed by atoms with van der Waals surface area (Å²) in [5.41, 5.74) is 1.03. The van der Waals surface area contributed by atoms with Crippen molar-refractivity contribution in [3.63, 3.8) is 0 Å². The number of nitrogens with one attached hydrogen (secondary N) is 1. The highest BCUT2D eigenvalue weighted by molar-refractivity contribution is 6.35. The van der Waals surface area contributed by atoms with Crippen LogP contribution >= 0.6 is 23.2 Å². The highest BCUT2D eigenvalue weighted by Crippen LogP contribution is 2.25. The highest BCUT2D eigenvalue weighted by Gasteiger charge is 2.35. The predicted molar refractivity (Wildman–Crippen MR) is 96.2 cm³/mol. The Morgan fingerprint density at radius 2 is 1.50 bits per heavy atom. The summed E-state index contributed by atoms with van der Waals surface area (Å²) in [6, 6.07) is 11.2. The van der Waals surface area contributed by atoms with Crippen LogP contribution in [0, 0.1) is 0 Å². The largest absolute Gasteiger partial charge is 0.305 e. The summed E-state index contributed by atoms with van der Waals surface area (Å²) in [7, 11) is 0. The number of halogens is 2. The zero-order valence-electron chi connectivity index (χ0n) is 13.0. The third-order valence-electron chi connectivity index (χ3n) is 3.91. The molecule has 0 atom stereocenters. The summed E-state index contributed by atoms with van der Waals surface area (Å²) in [4.78, 5) is 42.0. The molecule has 0 spiro atoms. The normalized spacial score (nSPS) is 17.6. The molecule has 2 aromatic rings. The molecule has 1 N–H and O–H groups in total. The van der Waals surface area contributed by atoms with Gasteiger partial charge < -0.3 is 5.32 Å². The van der Waals surface area contributed by atoms with Crippen LogP contribution < -0.4 is 5.32 Å². The first kappa shape index (κ1) is 16.5. The third-order valence-corrected chi connectivity index (χ3v) is 4.35. The van der Waals surface area contributed by atoms with E-state index in [1.807, 2.05) is 0 Å². The Balaban J connectivity index is 1.70. The van der Waals surface area contributed by atoms with Crippen molar-refractivity contribution in [2.45, 2.75) is 0 Å². The maximum atomic E-state index is 12.4. The second-order valence-electron chi connectivity index (χ2n) is 5.61. The Morgan fingerprint density at radius 1 is 0.923 bits per heavy atom. The molecule has 0 saturated heterocycles. The molecule has 2 aliphatic rings. The first-order valence-electron chi connectivity index (χ1n) is 7.49. The minimum absolute atomic E-state index is 0.0643. The van der Waals surface area contributed by atoms with Gasteiger partial charge in [-0.3, -0.25) is 14.4 Å². The lowest BCUT2D eigenvalue weighted by Crippen LogP contribution is -2.27. The number of fused-ring (bicyclic) bond motifs is 1. The predicted octanol–water partition coefficient (Wildman–Crippen LogP) is 3.01. The van der Waals surface area contributed by atoms with E-state index in [0.29, 0.717) is 26.7 Å². The van der Waals surface area contributed by atoms with E-state index in [-0.39, 0.29) is 11.5 Å². The Kier molecular flexibility index (Phi) is 3.86. The Bertz CT molecular complexity index is 1000. The van der Waals surface area contributed by atoms with Crippen molar-refractivity contribution >= 4 is 46.8 Å². The molecular weight excluding hydrogens is 377 g/mol. The monoisotopic (exact) mass is 385 g/mol. The van der Waals surface area contributed by atoms with Crippen molar-refractivity contribution in [2.24, 2.45) is 4.99 Å². The summed E-state index contributed by atoms with van der Waals surface area (Å²) in [5.74, 6) is -1.30. The molecular formula is C18H9Cl2N3O3. The van der Waals surface area contributed by atoms with E-state index in [9.17, 15) is 14.4 Å². The maximum Gasteiger partial charge on any atom is 0.277 e. The zero-order chi connectivity index (χ0) is 18.4. The van der Waals surface area contributed by atoms with Gasteiger partial charge in [0, 0.05) is 21.8 Å². The topological polar surface area (TPSA) is 78.8 Å². The minimum Gasteiger partial charge on any atom is -0.305 e. The molecule has 8 heteroatoms. The van der Waals surface area contributed by atoms with Gasteiger partial charge in [-0.15, -0.1) is 0 Å². The fourth-order valence-electron chi connectivity index (χ4n) is 2.73. The van der Waals surface area contributed by atoms with Crippen molar-refractivity contribution < 1.29 is 14.4 Å². The lowest BCUT2D eigenvalue weighted by molar-refractivity contribution is -0.115. The first-order valence-corrected chi connectivity index (χ1v) is 8.25. The second-order valence-corrected chi connectivity index (χ2v) is 6.49. The molecule has 6 nitrogen and oxygen atoms in total. The van der Waals surface area contributed by atoms with Crippen molar-refractivity contribution in [1.29, 1.82) is 0 Å². The van der Waals surface area contributed by atoms with Crippen molar-refractivity contribution in [1.82, 2.24) is 10.2 Å². The highest BCUT2D eigenvalue weighted by atomic mass is 35.5. The molecule has 2 aromatic carbocycles. The van der Waals surface area contributed by atoms with Crippen molar-refractivity contribution in [2.75, 3.05) is 0 Å². The Hall–Kier alpha value is -2.96. The number of amides is 3. The van der Waals surface area contributed by atoms with E-state index in [0.717, 1.165) is 11.1 Å². The fraction of sp³-hybridized carbons (Fsp3) is 0. The number of imide groups is 1. The van der Waals surface area contributed by atoms with Gasteiger partial charge in [-0.25, -0.2) is 9.89 Å². The summed E-state index contributed by atoms with van der Waals surface area (Å²) >= 11 is 11.9.